The average molecular weight is 300 g/mol. The fraction of sp³-hybridized carbons (Fsp3) is 0.143. The molecule has 0 unspecified atom stereocenters. The lowest BCUT2D eigenvalue weighted by Crippen LogP contribution is -2.08. The second-order valence-electron chi connectivity index (χ2n) is 6.38. The number of aryl methyl sites for hydroxylation is 3. The van der Waals surface area contributed by atoms with Crippen LogP contribution in [-0.4, -0.2) is 11.6 Å². The van der Waals surface area contributed by atoms with Gasteiger partial charge in [-0.25, -0.2) is 0 Å². The highest BCUT2D eigenvalue weighted by atomic mass is 16.2. The van der Waals surface area contributed by atoms with Crippen molar-refractivity contribution in [2.45, 2.75) is 20.8 Å². The van der Waals surface area contributed by atoms with Crippen molar-refractivity contribution < 1.29 is 9.59 Å². The molecule has 0 heterocycles. The number of Topliss-reactive ketones (excluding diaryl/α,β-unsaturated/α-hetero) is 2. The summed E-state index contributed by atoms with van der Waals surface area (Å²) in [4.78, 5) is 25.1. The minimum atomic E-state index is -0.382. The molecule has 0 spiro atoms. The molecule has 0 atom stereocenters. The average Bonchev–Trinajstić information content (AvgIpc) is 2.75. The Bertz CT molecular complexity index is 1010. The maximum atomic E-state index is 12.7. The zero-order valence-corrected chi connectivity index (χ0v) is 13.4. The molecule has 1 aliphatic carbocycles. The van der Waals surface area contributed by atoms with Crippen molar-refractivity contribution in [3.05, 3.63) is 70.3 Å². The first kappa shape index (κ1) is 13.9. The highest BCUT2D eigenvalue weighted by Gasteiger charge is 2.34. The summed E-state index contributed by atoms with van der Waals surface area (Å²) in [5, 5.41) is 1.79. The number of ketones is 2. The maximum Gasteiger partial charge on any atom is 0.234 e. The van der Waals surface area contributed by atoms with E-state index in [1.165, 1.54) is 5.56 Å². The Morgan fingerprint density at radius 1 is 0.696 bits per heavy atom. The van der Waals surface area contributed by atoms with Gasteiger partial charge < -0.3 is 0 Å². The Morgan fingerprint density at radius 3 is 2.09 bits per heavy atom. The first-order valence-electron chi connectivity index (χ1n) is 7.71. The third-order valence-corrected chi connectivity index (χ3v) is 4.60. The molecule has 0 fully saturated rings. The van der Waals surface area contributed by atoms with E-state index >= 15 is 0 Å². The van der Waals surface area contributed by atoms with Crippen LogP contribution in [0.1, 0.15) is 37.4 Å². The van der Waals surface area contributed by atoms with Gasteiger partial charge in [-0.15, -0.1) is 0 Å². The SMILES string of the molecule is Cc1ccc(-c2c(C)cc3cc(C)cc4c3c2C(=O)C4=O)cc1. The summed E-state index contributed by atoms with van der Waals surface area (Å²) >= 11 is 0. The fourth-order valence-electron chi connectivity index (χ4n) is 3.57. The fourth-order valence-corrected chi connectivity index (χ4v) is 3.57. The molecule has 2 nitrogen and oxygen atoms in total. The lowest BCUT2D eigenvalue weighted by atomic mass is 9.90. The molecule has 1 aliphatic rings. The summed E-state index contributed by atoms with van der Waals surface area (Å²) < 4.78 is 0. The van der Waals surface area contributed by atoms with Gasteiger partial charge in [0.1, 0.15) is 0 Å². The second-order valence-corrected chi connectivity index (χ2v) is 6.38. The number of rotatable bonds is 1. The standard InChI is InChI=1S/C21H16O2/c1-11-4-6-14(7-5-11)17-13(3)10-15-8-12(2)9-16-18(15)19(17)21(23)20(16)22/h4-10H,1-3H3. The molecule has 3 aromatic carbocycles. The molecule has 3 aromatic rings. The van der Waals surface area contributed by atoms with E-state index in [0.717, 1.165) is 33.0 Å². The van der Waals surface area contributed by atoms with Gasteiger partial charge >= 0.3 is 0 Å². The summed E-state index contributed by atoms with van der Waals surface area (Å²) in [6.07, 6.45) is 0. The second kappa shape index (κ2) is 4.63. The summed E-state index contributed by atoms with van der Waals surface area (Å²) in [6.45, 7) is 5.99. The topological polar surface area (TPSA) is 34.1 Å². The quantitative estimate of drug-likeness (QED) is 0.604. The molecule has 112 valence electrons. The van der Waals surface area contributed by atoms with Crippen LogP contribution >= 0.6 is 0 Å². The Morgan fingerprint density at radius 2 is 1.39 bits per heavy atom. The molecule has 4 rings (SSSR count). The molecular weight excluding hydrogens is 284 g/mol. The first-order chi connectivity index (χ1) is 11.0. The van der Waals surface area contributed by atoms with Crippen LogP contribution in [0.3, 0.4) is 0 Å². The number of carbonyl (C=O) groups is 2. The predicted molar refractivity (Wildman–Crippen MR) is 92.3 cm³/mol. The first-order valence-corrected chi connectivity index (χ1v) is 7.71. The molecule has 0 aromatic heterocycles. The Kier molecular flexibility index (Phi) is 2.79. The lowest BCUT2D eigenvalue weighted by Gasteiger charge is -2.13. The highest BCUT2D eigenvalue weighted by molar-refractivity contribution is 6.58. The van der Waals surface area contributed by atoms with Crippen LogP contribution in [0.4, 0.5) is 0 Å². The van der Waals surface area contributed by atoms with Crippen molar-refractivity contribution in [1.29, 1.82) is 0 Å². The number of hydrogen-bond donors (Lipinski definition) is 0. The molecular formula is C21H16O2. The van der Waals surface area contributed by atoms with Crippen LogP contribution in [0.5, 0.6) is 0 Å². The third-order valence-electron chi connectivity index (χ3n) is 4.60. The smallest absolute Gasteiger partial charge is 0.234 e. The third kappa shape index (κ3) is 1.88. The van der Waals surface area contributed by atoms with Crippen molar-refractivity contribution >= 4 is 22.3 Å². The van der Waals surface area contributed by atoms with Crippen LogP contribution in [0.25, 0.3) is 21.9 Å². The summed E-state index contributed by atoms with van der Waals surface area (Å²) in [5.41, 5.74) is 6.19. The minimum absolute atomic E-state index is 0.380. The summed E-state index contributed by atoms with van der Waals surface area (Å²) in [7, 11) is 0. The molecule has 23 heavy (non-hydrogen) atoms. The van der Waals surface area contributed by atoms with Gasteiger partial charge in [0.15, 0.2) is 0 Å². The van der Waals surface area contributed by atoms with E-state index in [1.807, 2.05) is 57.2 Å². The Labute approximate surface area is 134 Å². The van der Waals surface area contributed by atoms with Crippen LogP contribution in [0, 0.1) is 20.8 Å². The van der Waals surface area contributed by atoms with E-state index < -0.39 is 0 Å². The molecule has 0 N–H and O–H groups in total. The van der Waals surface area contributed by atoms with E-state index in [2.05, 4.69) is 6.07 Å². The van der Waals surface area contributed by atoms with E-state index in [1.54, 1.807) is 0 Å². The van der Waals surface area contributed by atoms with Crippen molar-refractivity contribution in [3.63, 3.8) is 0 Å². The molecule has 2 heteroatoms. The molecule has 0 radical (unpaired) electrons. The van der Waals surface area contributed by atoms with Crippen molar-refractivity contribution in [2.24, 2.45) is 0 Å². The van der Waals surface area contributed by atoms with Gasteiger partial charge in [-0.1, -0.05) is 42.0 Å². The normalized spacial score (nSPS) is 13.2. The van der Waals surface area contributed by atoms with Crippen LogP contribution < -0.4 is 0 Å². The summed E-state index contributed by atoms with van der Waals surface area (Å²) in [6, 6.07) is 14.0. The highest BCUT2D eigenvalue weighted by Crippen LogP contribution is 2.40. The van der Waals surface area contributed by atoms with Gasteiger partial charge in [-0.2, -0.15) is 0 Å². The van der Waals surface area contributed by atoms with Gasteiger partial charge in [0.05, 0.1) is 0 Å². The lowest BCUT2D eigenvalue weighted by molar-refractivity contribution is 0.0825. The van der Waals surface area contributed by atoms with E-state index in [9.17, 15) is 9.59 Å². The van der Waals surface area contributed by atoms with Crippen LogP contribution in [0.2, 0.25) is 0 Å². The molecule has 0 aliphatic heterocycles. The van der Waals surface area contributed by atoms with E-state index in [-0.39, 0.29) is 11.6 Å². The van der Waals surface area contributed by atoms with Crippen LogP contribution in [-0.2, 0) is 0 Å². The van der Waals surface area contributed by atoms with Gasteiger partial charge in [-0.3, -0.25) is 9.59 Å². The van der Waals surface area contributed by atoms with Gasteiger partial charge in [-0.05, 0) is 54.5 Å². The zero-order valence-electron chi connectivity index (χ0n) is 13.4. The number of carbonyl (C=O) groups excluding carboxylic acids is 2. The molecule has 0 saturated heterocycles. The van der Waals surface area contributed by atoms with Crippen molar-refractivity contribution in [1.82, 2.24) is 0 Å². The molecule has 0 amide bonds. The zero-order chi connectivity index (χ0) is 16.3. The minimum Gasteiger partial charge on any atom is -0.285 e. The van der Waals surface area contributed by atoms with Crippen molar-refractivity contribution in [3.8, 4) is 11.1 Å². The van der Waals surface area contributed by atoms with E-state index in [4.69, 9.17) is 0 Å². The Hall–Kier alpha value is -2.74. The summed E-state index contributed by atoms with van der Waals surface area (Å²) in [5.74, 6) is -0.762. The van der Waals surface area contributed by atoms with Gasteiger partial charge in [0.25, 0.3) is 0 Å². The van der Waals surface area contributed by atoms with Crippen molar-refractivity contribution in [2.75, 3.05) is 0 Å². The van der Waals surface area contributed by atoms with E-state index in [0.29, 0.717) is 11.1 Å². The van der Waals surface area contributed by atoms with Gasteiger partial charge in [0, 0.05) is 16.5 Å². The molecule has 0 saturated carbocycles. The van der Waals surface area contributed by atoms with Gasteiger partial charge in [0.2, 0.25) is 11.6 Å². The largest absolute Gasteiger partial charge is 0.285 e. The Balaban J connectivity index is 2.16. The number of benzene rings is 3. The number of hydrogen-bond acceptors (Lipinski definition) is 2. The molecule has 0 bridgehead atoms. The monoisotopic (exact) mass is 300 g/mol. The van der Waals surface area contributed by atoms with Crippen LogP contribution in [0.15, 0.2) is 42.5 Å². The maximum absolute atomic E-state index is 12.7. The predicted octanol–water partition coefficient (Wildman–Crippen LogP) is 4.81.